The highest BCUT2D eigenvalue weighted by Crippen LogP contribution is 2.28. The van der Waals surface area contributed by atoms with E-state index in [1.807, 2.05) is 12.3 Å². The van der Waals surface area contributed by atoms with Gasteiger partial charge in [0.2, 0.25) is 0 Å². The van der Waals surface area contributed by atoms with Crippen molar-refractivity contribution in [1.82, 2.24) is 9.88 Å². The molecule has 3 unspecified atom stereocenters. The van der Waals surface area contributed by atoms with E-state index in [0.717, 1.165) is 31.2 Å². The Balaban J connectivity index is 2.03. The van der Waals surface area contributed by atoms with Gasteiger partial charge in [-0.2, -0.15) is 0 Å². The molecule has 0 aliphatic carbocycles. The van der Waals surface area contributed by atoms with Crippen molar-refractivity contribution < 1.29 is 0 Å². The average Bonchev–Trinajstić information content (AvgIpc) is 2.39. The van der Waals surface area contributed by atoms with Crippen molar-refractivity contribution >= 4 is 0 Å². The number of rotatable bonds is 3. The Morgan fingerprint density at radius 1 is 1.53 bits per heavy atom. The maximum Gasteiger partial charge on any atom is 0.0572 e. The number of piperidine rings is 1. The lowest BCUT2D eigenvalue weighted by Gasteiger charge is -2.39. The standard InChI is InChI=1S/C14H23N3/c1-11-6-8-17(10-13(11)9-15)12(2)14-5-3-4-7-16-14/h3-5,7,11-13H,6,8-10,15H2,1-2H3. The van der Waals surface area contributed by atoms with E-state index in [1.54, 1.807) is 0 Å². The maximum atomic E-state index is 5.85. The van der Waals surface area contributed by atoms with E-state index in [2.05, 4.69) is 35.9 Å². The molecule has 0 amide bonds. The second kappa shape index (κ2) is 5.61. The Kier molecular flexibility index (Phi) is 4.13. The lowest BCUT2D eigenvalue weighted by Crippen LogP contribution is -2.43. The van der Waals surface area contributed by atoms with E-state index in [-0.39, 0.29) is 0 Å². The van der Waals surface area contributed by atoms with Crippen molar-refractivity contribution in [1.29, 1.82) is 0 Å². The molecule has 0 saturated carbocycles. The molecule has 1 aromatic heterocycles. The van der Waals surface area contributed by atoms with Gasteiger partial charge in [0.05, 0.1) is 5.69 Å². The third-order valence-electron chi connectivity index (χ3n) is 4.11. The van der Waals surface area contributed by atoms with Crippen LogP contribution in [0.4, 0.5) is 0 Å². The van der Waals surface area contributed by atoms with E-state index < -0.39 is 0 Å². The first kappa shape index (κ1) is 12.5. The molecule has 1 fully saturated rings. The van der Waals surface area contributed by atoms with Crippen LogP contribution in [-0.4, -0.2) is 29.5 Å². The summed E-state index contributed by atoms with van der Waals surface area (Å²) in [6.07, 6.45) is 3.12. The summed E-state index contributed by atoms with van der Waals surface area (Å²) in [7, 11) is 0. The molecule has 17 heavy (non-hydrogen) atoms. The highest BCUT2D eigenvalue weighted by Gasteiger charge is 2.28. The molecule has 3 heteroatoms. The van der Waals surface area contributed by atoms with Crippen LogP contribution >= 0.6 is 0 Å². The monoisotopic (exact) mass is 233 g/mol. The van der Waals surface area contributed by atoms with Crippen molar-refractivity contribution in [3.05, 3.63) is 30.1 Å². The lowest BCUT2D eigenvalue weighted by atomic mass is 9.86. The number of aromatic nitrogens is 1. The Bertz CT molecular complexity index is 339. The van der Waals surface area contributed by atoms with Gasteiger partial charge in [0.15, 0.2) is 0 Å². The molecule has 94 valence electrons. The molecule has 2 N–H and O–H groups in total. The molecule has 0 aromatic carbocycles. The van der Waals surface area contributed by atoms with Gasteiger partial charge >= 0.3 is 0 Å². The summed E-state index contributed by atoms with van der Waals surface area (Å²) in [5.41, 5.74) is 7.02. The van der Waals surface area contributed by atoms with Crippen LogP contribution in [-0.2, 0) is 0 Å². The summed E-state index contributed by atoms with van der Waals surface area (Å²) in [5, 5.41) is 0. The number of hydrogen-bond acceptors (Lipinski definition) is 3. The maximum absolute atomic E-state index is 5.85. The molecule has 2 rings (SSSR count). The topological polar surface area (TPSA) is 42.2 Å². The van der Waals surface area contributed by atoms with E-state index in [4.69, 9.17) is 5.73 Å². The largest absolute Gasteiger partial charge is 0.330 e. The first-order chi connectivity index (χ1) is 8.22. The SMILES string of the molecule is CC1CCN(C(C)c2ccccn2)CC1CN. The Morgan fingerprint density at radius 3 is 3.00 bits per heavy atom. The van der Waals surface area contributed by atoms with Crippen molar-refractivity contribution in [2.75, 3.05) is 19.6 Å². The minimum atomic E-state index is 0.401. The zero-order chi connectivity index (χ0) is 12.3. The molecule has 1 aromatic rings. The van der Waals surface area contributed by atoms with Crippen LogP contribution < -0.4 is 5.73 Å². The van der Waals surface area contributed by atoms with E-state index in [1.165, 1.54) is 6.42 Å². The summed E-state index contributed by atoms with van der Waals surface area (Å²) in [5.74, 6) is 1.39. The Hall–Kier alpha value is -0.930. The summed E-state index contributed by atoms with van der Waals surface area (Å²) in [6, 6.07) is 6.54. The number of pyridine rings is 1. The van der Waals surface area contributed by atoms with Gasteiger partial charge in [-0.1, -0.05) is 13.0 Å². The minimum Gasteiger partial charge on any atom is -0.330 e. The summed E-state index contributed by atoms with van der Waals surface area (Å²) in [6.45, 7) is 7.63. The normalized spacial score (nSPS) is 27.9. The molecular weight excluding hydrogens is 210 g/mol. The summed E-state index contributed by atoms with van der Waals surface area (Å²) in [4.78, 5) is 6.96. The van der Waals surface area contributed by atoms with Crippen LogP contribution in [0.5, 0.6) is 0 Å². The van der Waals surface area contributed by atoms with Crippen LogP contribution in [0, 0.1) is 11.8 Å². The molecule has 3 atom stereocenters. The van der Waals surface area contributed by atoms with Crippen LogP contribution in [0.25, 0.3) is 0 Å². The van der Waals surface area contributed by atoms with Gasteiger partial charge in [-0.25, -0.2) is 0 Å². The van der Waals surface area contributed by atoms with Crippen LogP contribution in [0.3, 0.4) is 0 Å². The first-order valence-electron chi connectivity index (χ1n) is 6.57. The summed E-state index contributed by atoms with van der Waals surface area (Å²) >= 11 is 0. The molecule has 1 aliphatic rings. The predicted molar refractivity (Wildman–Crippen MR) is 70.6 cm³/mol. The molecule has 1 saturated heterocycles. The second-order valence-electron chi connectivity index (χ2n) is 5.19. The molecule has 0 bridgehead atoms. The average molecular weight is 233 g/mol. The number of nitrogens with zero attached hydrogens (tertiary/aromatic N) is 2. The molecule has 3 nitrogen and oxygen atoms in total. The van der Waals surface area contributed by atoms with Gasteiger partial charge in [0.1, 0.15) is 0 Å². The Morgan fingerprint density at radius 2 is 2.35 bits per heavy atom. The highest BCUT2D eigenvalue weighted by molar-refractivity contribution is 5.08. The number of nitrogens with two attached hydrogens (primary N) is 1. The van der Waals surface area contributed by atoms with Gasteiger partial charge in [-0.05, 0) is 50.4 Å². The third-order valence-corrected chi connectivity index (χ3v) is 4.11. The fourth-order valence-corrected chi connectivity index (χ4v) is 2.65. The number of hydrogen-bond donors (Lipinski definition) is 1. The van der Waals surface area contributed by atoms with Crippen molar-refractivity contribution in [3.8, 4) is 0 Å². The van der Waals surface area contributed by atoms with E-state index in [0.29, 0.717) is 12.0 Å². The fourth-order valence-electron chi connectivity index (χ4n) is 2.65. The van der Waals surface area contributed by atoms with Crippen molar-refractivity contribution in [2.45, 2.75) is 26.3 Å². The van der Waals surface area contributed by atoms with Gasteiger partial charge in [-0.3, -0.25) is 9.88 Å². The van der Waals surface area contributed by atoms with Gasteiger partial charge in [0.25, 0.3) is 0 Å². The number of likely N-dealkylation sites (tertiary alicyclic amines) is 1. The van der Waals surface area contributed by atoms with E-state index in [9.17, 15) is 0 Å². The molecule has 0 spiro atoms. The summed E-state index contributed by atoms with van der Waals surface area (Å²) < 4.78 is 0. The van der Waals surface area contributed by atoms with Crippen LogP contribution in [0.2, 0.25) is 0 Å². The van der Waals surface area contributed by atoms with Gasteiger partial charge in [-0.15, -0.1) is 0 Å². The first-order valence-corrected chi connectivity index (χ1v) is 6.57. The quantitative estimate of drug-likeness (QED) is 0.869. The van der Waals surface area contributed by atoms with Gasteiger partial charge in [0, 0.05) is 18.8 Å². The molecular formula is C14H23N3. The van der Waals surface area contributed by atoms with Gasteiger partial charge < -0.3 is 5.73 Å². The minimum absolute atomic E-state index is 0.401. The zero-order valence-corrected chi connectivity index (χ0v) is 10.8. The molecule has 2 heterocycles. The highest BCUT2D eigenvalue weighted by atomic mass is 15.2. The second-order valence-corrected chi connectivity index (χ2v) is 5.19. The lowest BCUT2D eigenvalue weighted by molar-refractivity contribution is 0.0962. The van der Waals surface area contributed by atoms with E-state index >= 15 is 0 Å². The van der Waals surface area contributed by atoms with Crippen LogP contribution in [0.1, 0.15) is 32.0 Å². The fraction of sp³-hybridized carbons (Fsp3) is 0.643. The van der Waals surface area contributed by atoms with Crippen molar-refractivity contribution in [3.63, 3.8) is 0 Å². The zero-order valence-electron chi connectivity index (χ0n) is 10.8. The van der Waals surface area contributed by atoms with Crippen LogP contribution in [0.15, 0.2) is 24.4 Å². The molecule has 0 radical (unpaired) electrons. The third kappa shape index (κ3) is 2.85. The smallest absolute Gasteiger partial charge is 0.0572 e. The van der Waals surface area contributed by atoms with Crippen molar-refractivity contribution in [2.24, 2.45) is 17.6 Å². The predicted octanol–water partition coefficient (Wildman–Crippen LogP) is 2.06. The Labute approximate surface area is 104 Å². The molecule has 1 aliphatic heterocycles.